The van der Waals surface area contributed by atoms with Crippen LogP contribution in [0.2, 0.25) is 0 Å². The molecule has 0 aliphatic heterocycles. The summed E-state index contributed by atoms with van der Waals surface area (Å²) in [7, 11) is 0. The highest BCUT2D eigenvalue weighted by molar-refractivity contribution is 5.66. The van der Waals surface area contributed by atoms with E-state index in [2.05, 4.69) is 6.92 Å². The van der Waals surface area contributed by atoms with Crippen molar-refractivity contribution in [2.24, 2.45) is 5.92 Å². The van der Waals surface area contributed by atoms with Gasteiger partial charge in [-0.1, -0.05) is 31.2 Å². The fourth-order valence-corrected chi connectivity index (χ4v) is 2.84. The van der Waals surface area contributed by atoms with E-state index in [1.807, 2.05) is 12.1 Å². The van der Waals surface area contributed by atoms with Crippen molar-refractivity contribution in [3.63, 3.8) is 0 Å². The van der Waals surface area contributed by atoms with Gasteiger partial charge in [0.1, 0.15) is 11.6 Å². The van der Waals surface area contributed by atoms with Crippen LogP contribution in [0.4, 0.5) is 8.78 Å². The predicted octanol–water partition coefficient (Wildman–Crippen LogP) is 4.76. The van der Waals surface area contributed by atoms with Crippen LogP contribution in [0, 0.1) is 17.6 Å². The first-order chi connectivity index (χ1) is 9.15. The van der Waals surface area contributed by atoms with Crippen LogP contribution >= 0.6 is 0 Å². The lowest BCUT2D eigenvalue weighted by atomic mass is 9.83. The van der Waals surface area contributed by atoms with Crippen LogP contribution < -0.4 is 0 Å². The standard InChI is InChI=1S/C17H16F2/c1-11-2-8-16-13(10-11)5-9-15(17(16)19)12-3-6-14(18)7-4-12/h3-7,9,11H,2,8,10H2,1H3. The van der Waals surface area contributed by atoms with E-state index in [-0.39, 0.29) is 11.6 Å². The molecule has 0 aromatic heterocycles. The Morgan fingerprint density at radius 3 is 2.47 bits per heavy atom. The Kier molecular flexibility index (Phi) is 3.09. The zero-order chi connectivity index (χ0) is 13.4. The fraction of sp³-hybridized carbons (Fsp3) is 0.294. The number of benzene rings is 2. The summed E-state index contributed by atoms with van der Waals surface area (Å²) >= 11 is 0. The van der Waals surface area contributed by atoms with Gasteiger partial charge in [-0.25, -0.2) is 8.78 Å². The molecule has 0 radical (unpaired) electrons. The molecule has 0 amide bonds. The van der Waals surface area contributed by atoms with Crippen LogP contribution in [0.1, 0.15) is 24.5 Å². The molecule has 2 heteroatoms. The molecule has 98 valence electrons. The number of hydrogen-bond donors (Lipinski definition) is 0. The van der Waals surface area contributed by atoms with Crippen molar-refractivity contribution in [3.8, 4) is 11.1 Å². The Morgan fingerprint density at radius 2 is 1.74 bits per heavy atom. The number of fused-ring (bicyclic) bond motifs is 1. The van der Waals surface area contributed by atoms with Crippen LogP contribution in [-0.4, -0.2) is 0 Å². The van der Waals surface area contributed by atoms with Gasteiger partial charge in [-0.3, -0.25) is 0 Å². The third kappa shape index (κ3) is 2.27. The van der Waals surface area contributed by atoms with Gasteiger partial charge in [0, 0.05) is 5.56 Å². The Labute approximate surface area is 112 Å². The van der Waals surface area contributed by atoms with Crippen LogP contribution in [0.5, 0.6) is 0 Å². The number of hydrogen-bond acceptors (Lipinski definition) is 0. The lowest BCUT2D eigenvalue weighted by molar-refractivity contribution is 0.483. The highest BCUT2D eigenvalue weighted by Gasteiger charge is 2.20. The molecule has 3 rings (SSSR count). The third-order valence-electron chi connectivity index (χ3n) is 3.95. The summed E-state index contributed by atoms with van der Waals surface area (Å²) in [5, 5.41) is 0. The minimum atomic E-state index is -0.295. The van der Waals surface area contributed by atoms with Gasteiger partial charge in [0.2, 0.25) is 0 Å². The molecular formula is C17H16F2. The molecule has 1 unspecified atom stereocenters. The van der Waals surface area contributed by atoms with Crippen molar-refractivity contribution >= 4 is 0 Å². The van der Waals surface area contributed by atoms with E-state index in [1.165, 1.54) is 12.1 Å². The predicted molar refractivity (Wildman–Crippen MR) is 73.0 cm³/mol. The molecule has 0 saturated carbocycles. The SMILES string of the molecule is CC1CCc2c(ccc(-c3ccc(F)cc3)c2F)C1. The summed E-state index contributed by atoms with van der Waals surface area (Å²) in [6.45, 7) is 2.20. The molecule has 2 aromatic rings. The van der Waals surface area contributed by atoms with Crippen molar-refractivity contribution in [2.75, 3.05) is 0 Å². The summed E-state index contributed by atoms with van der Waals surface area (Å²) in [4.78, 5) is 0. The minimum absolute atomic E-state index is 0.129. The van der Waals surface area contributed by atoms with E-state index in [0.29, 0.717) is 11.5 Å². The Morgan fingerprint density at radius 1 is 1.00 bits per heavy atom. The molecule has 0 heterocycles. The second kappa shape index (κ2) is 4.76. The fourth-order valence-electron chi connectivity index (χ4n) is 2.84. The van der Waals surface area contributed by atoms with Crippen LogP contribution in [0.15, 0.2) is 36.4 Å². The average molecular weight is 258 g/mol. The smallest absolute Gasteiger partial charge is 0.134 e. The quantitative estimate of drug-likeness (QED) is 0.692. The molecule has 1 atom stereocenters. The maximum absolute atomic E-state index is 14.6. The molecule has 19 heavy (non-hydrogen) atoms. The number of halogens is 2. The topological polar surface area (TPSA) is 0 Å². The second-order valence-electron chi connectivity index (χ2n) is 5.42. The van der Waals surface area contributed by atoms with E-state index >= 15 is 0 Å². The normalized spacial score (nSPS) is 18.2. The van der Waals surface area contributed by atoms with Gasteiger partial charge in [0.05, 0.1) is 0 Å². The highest BCUT2D eigenvalue weighted by atomic mass is 19.1. The molecule has 0 nitrogen and oxygen atoms in total. The second-order valence-corrected chi connectivity index (χ2v) is 5.42. The van der Waals surface area contributed by atoms with E-state index in [0.717, 1.165) is 36.0 Å². The monoisotopic (exact) mass is 258 g/mol. The first-order valence-corrected chi connectivity index (χ1v) is 6.71. The van der Waals surface area contributed by atoms with Crippen molar-refractivity contribution in [2.45, 2.75) is 26.2 Å². The summed E-state index contributed by atoms with van der Waals surface area (Å²) < 4.78 is 27.5. The summed E-state index contributed by atoms with van der Waals surface area (Å²) in [6, 6.07) is 9.84. The summed E-state index contributed by atoms with van der Waals surface area (Å²) in [5.74, 6) is 0.204. The zero-order valence-electron chi connectivity index (χ0n) is 10.9. The van der Waals surface area contributed by atoms with Gasteiger partial charge in [-0.15, -0.1) is 0 Å². The first-order valence-electron chi connectivity index (χ1n) is 6.71. The summed E-state index contributed by atoms with van der Waals surface area (Å²) in [6.07, 6.45) is 2.80. The molecule has 1 aliphatic rings. The lowest BCUT2D eigenvalue weighted by Crippen LogP contribution is -2.13. The molecule has 0 bridgehead atoms. The highest BCUT2D eigenvalue weighted by Crippen LogP contribution is 2.33. The third-order valence-corrected chi connectivity index (χ3v) is 3.95. The molecule has 0 saturated heterocycles. The van der Waals surface area contributed by atoms with Gasteiger partial charge >= 0.3 is 0 Å². The lowest BCUT2D eigenvalue weighted by Gasteiger charge is -2.23. The van der Waals surface area contributed by atoms with Crippen molar-refractivity contribution in [1.82, 2.24) is 0 Å². The van der Waals surface area contributed by atoms with Crippen LogP contribution in [0.25, 0.3) is 11.1 Å². The van der Waals surface area contributed by atoms with Gasteiger partial charge in [0.25, 0.3) is 0 Å². The Hall–Kier alpha value is -1.70. The van der Waals surface area contributed by atoms with E-state index in [4.69, 9.17) is 0 Å². The van der Waals surface area contributed by atoms with Crippen molar-refractivity contribution < 1.29 is 8.78 Å². The molecule has 1 aliphatic carbocycles. The molecule has 0 N–H and O–H groups in total. The van der Waals surface area contributed by atoms with Crippen LogP contribution in [0.3, 0.4) is 0 Å². The molecule has 2 aromatic carbocycles. The molecule has 0 fully saturated rings. The van der Waals surface area contributed by atoms with E-state index < -0.39 is 0 Å². The van der Waals surface area contributed by atoms with Crippen LogP contribution in [-0.2, 0) is 12.8 Å². The van der Waals surface area contributed by atoms with E-state index in [9.17, 15) is 8.78 Å². The minimum Gasteiger partial charge on any atom is -0.207 e. The average Bonchev–Trinajstić information content (AvgIpc) is 2.40. The summed E-state index contributed by atoms with van der Waals surface area (Å²) in [5.41, 5.74) is 3.29. The largest absolute Gasteiger partial charge is 0.207 e. The van der Waals surface area contributed by atoms with Crippen molar-refractivity contribution in [3.05, 3.63) is 59.2 Å². The number of rotatable bonds is 1. The van der Waals surface area contributed by atoms with Gasteiger partial charge in [-0.2, -0.15) is 0 Å². The van der Waals surface area contributed by atoms with Gasteiger partial charge < -0.3 is 0 Å². The van der Waals surface area contributed by atoms with Gasteiger partial charge in [-0.05, 0) is 54.0 Å². The molecule has 0 spiro atoms. The molecular weight excluding hydrogens is 242 g/mol. The maximum Gasteiger partial charge on any atom is 0.134 e. The Balaban J connectivity index is 2.06. The van der Waals surface area contributed by atoms with Crippen molar-refractivity contribution in [1.29, 1.82) is 0 Å². The maximum atomic E-state index is 14.6. The first kappa shape index (κ1) is 12.3. The zero-order valence-corrected chi connectivity index (χ0v) is 10.9. The van der Waals surface area contributed by atoms with Gasteiger partial charge in [0.15, 0.2) is 0 Å². The van der Waals surface area contributed by atoms with E-state index in [1.54, 1.807) is 12.1 Å². The Bertz CT molecular complexity index is 599.